The number of ether oxygens (including phenoxy) is 3. The molecule has 2 atom stereocenters. The minimum absolute atomic E-state index is 0.182. The number of nitrogens with zero attached hydrogens (tertiary/aromatic N) is 1. The molecular formula is C24H31Cl2NO6. The molecular weight excluding hydrogens is 469 g/mol. The first kappa shape index (κ1) is 27.3. The first-order chi connectivity index (χ1) is 15.6. The van der Waals surface area contributed by atoms with Gasteiger partial charge in [0.05, 0.1) is 6.42 Å². The van der Waals surface area contributed by atoms with Gasteiger partial charge in [-0.25, -0.2) is 0 Å². The molecule has 9 heteroatoms. The summed E-state index contributed by atoms with van der Waals surface area (Å²) in [4.78, 5) is 40.6. The van der Waals surface area contributed by atoms with E-state index >= 15 is 0 Å². The van der Waals surface area contributed by atoms with Gasteiger partial charge < -0.3 is 19.1 Å². The molecule has 0 heterocycles. The summed E-state index contributed by atoms with van der Waals surface area (Å²) in [5, 5.41) is 0. The number of rotatable bonds is 11. The summed E-state index contributed by atoms with van der Waals surface area (Å²) in [6, 6.07) is 7.00. The minimum atomic E-state index is -1.66. The highest BCUT2D eigenvalue weighted by molar-refractivity contribution is 6.18. The van der Waals surface area contributed by atoms with E-state index in [1.165, 1.54) is 20.3 Å². The smallest absolute Gasteiger partial charge is 0.311 e. The van der Waals surface area contributed by atoms with Crippen LogP contribution in [0.1, 0.15) is 27.2 Å². The second-order valence-electron chi connectivity index (χ2n) is 8.51. The lowest BCUT2D eigenvalue weighted by molar-refractivity contribution is -0.192. The zero-order chi connectivity index (χ0) is 24.8. The molecule has 0 N–H and O–H groups in total. The molecule has 0 aromatic heterocycles. The van der Waals surface area contributed by atoms with Crippen LogP contribution in [-0.2, 0) is 23.9 Å². The first-order valence-corrected chi connectivity index (χ1v) is 11.7. The van der Waals surface area contributed by atoms with Crippen LogP contribution >= 0.6 is 23.2 Å². The number of benzene rings is 1. The molecule has 2 rings (SSSR count). The van der Waals surface area contributed by atoms with Gasteiger partial charge in [-0.05, 0) is 42.8 Å². The number of carbonyl (C=O) groups is 3. The summed E-state index contributed by atoms with van der Waals surface area (Å²) >= 11 is 11.7. The second kappa shape index (κ2) is 11.5. The standard InChI is InChI=1S/C24H31Cl2NO6/c1-16-14-19(28)24(32-5,22(31-4)21(16)30)23(2,3)15-20(29)33-18-8-6-17(7-9-18)27(12-10-25)13-11-26/h6-9,14,22H,10-13,15H2,1-5H3. The van der Waals surface area contributed by atoms with Crippen molar-refractivity contribution in [3.8, 4) is 5.75 Å². The third-order valence-electron chi connectivity index (χ3n) is 6.00. The Balaban J connectivity index is 2.21. The fourth-order valence-electron chi connectivity index (χ4n) is 4.30. The number of hydrogen-bond acceptors (Lipinski definition) is 7. The third-order valence-corrected chi connectivity index (χ3v) is 6.34. The van der Waals surface area contributed by atoms with Crippen LogP contribution in [0.3, 0.4) is 0 Å². The summed E-state index contributed by atoms with van der Waals surface area (Å²) in [7, 11) is 2.68. The summed E-state index contributed by atoms with van der Waals surface area (Å²) in [5.74, 6) is -0.0639. The van der Waals surface area contributed by atoms with Crippen LogP contribution in [0, 0.1) is 5.41 Å². The second-order valence-corrected chi connectivity index (χ2v) is 9.26. The van der Waals surface area contributed by atoms with Crippen molar-refractivity contribution in [2.24, 2.45) is 5.41 Å². The third kappa shape index (κ3) is 5.60. The quantitative estimate of drug-likeness (QED) is 0.260. The number of anilines is 1. The maximum atomic E-state index is 13.1. The molecule has 1 aromatic rings. The molecule has 0 radical (unpaired) electrons. The first-order valence-electron chi connectivity index (χ1n) is 10.6. The molecule has 0 saturated heterocycles. The summed E-state index contributed by atoms with van der Waals surface area (Å²) in [6.45, 7) is 6.20. The van der Waals surface area contributed by atoms with Crippen LogP contribution in [0.4, 0.5) is 5.69 Å². The number of hydrogen-bond donors (Lipinski definition) is 0. The van der Waals surface area contributed by atoms with E-state index in [2.05, 4.69) is 0 Å². The fraction of sp³-hybridized carbons (Fsp3) is 0.542. The van der Waals surface area contributed by atoms with Crippen molar-refractivity contribution in [2.75, 3.05) is 44.0 Å². The van der Waals surface area contributed by atoms with Crippen LogP contribution < -0.4 is 9.64 Å². The summed E-state index contributed by atoms with van der Waals surface area (Å²) in [5.41, 5.74) is -1.58. The molecule has 1 aliphatic carbocycles. The topological polar surface area (TPSA) is 82.1 Å². The highest BCUT2D eigenvalue weighted by Gasteiger charge is 2.61. The van der Waals surface area contributed by atoms with Gasteiger partial charge in [0, 0.05) is 50.2 Å². The lowest BCUT2D eigenvalue weighted by atomic mass is 9.63. The summed E-state index contributed by atoms with van der Waals surface area (Å²) in [6.07, 6.45) is -0.100. The number of esters is 1. The van der Waals surface area contributed by atoms with Gasteiger partial charge in [-0.15, -0.1) is 23.2 Å². The van der Waals surface area contributed by atoms with E-state index in [0.717, 1.165) is 5.69 Å². The molecule has 33 heavy (non-hydrogen) atoms. The van der Waals surface area contributed by atoms with Crippen LogP contribution in [-0.4, -0.2) is 68.3 Å². The van der Waals surface area contributed by atoms with Crippen LogP contribution in [0.15, 0.2) is 35.9 Å². The molecule has 7 nitrogen and oxygen atoms in total. The maximum Gasteiger partial charge on any atom is 0.311 e. The van der Waals surface area contributed by atoms with Crippen molar-refractivity contribution in [2.45, 2.75) is 38.9 Å². The number of halogens is 2. The Labute approximate surface area is 204 Å². The van der Waals surface area contributed by atoms with Crippen molar-refractivity contribution in [3.63, 3.8) is 0 Å². The van der Waals surface area contributed by atoms with Gasteiger partial charge in [-0.3, -0.25) is 14.4 Å². The van der Waals surface area contributed by atoms with E-state index in [0.29, 0.717) is 30.6 Å². The van der Waals surface area contributed by atoms with E-state index in [1.54, 1.807) is 32.9 Å². The molecule has 0 saturated carbocycles. The monoisotopic (exact) mass is 499 g/mol. The van der Waals surface area contributed by atoms with Gasteiger partial charge in [0.2, 0.25) is 0 Å². The summed E-state index contributed by atoms with van der Waals surface area (Å²) < 4.78 is 16.6. The Morgan fingerprint density at radius 2 is 1.67 bits per heavy atom. The average molecular weight is 500 g/mol. The zero-order valence-corrected chi connectivity index (χ0v) is 21.2. The predicted octanol–water partition coefficient (Wildman–Crippen LogP) is 3.79. The average Bonchev–Trinajstić information content (AvgIpc) is 2.75. The molecule has 2 unspecified atom stereocenters. The van der Waals surface area contributed by atoms with E-state index in [1.807, 2.05) is 17.0 Å². The Morgan fingerprint density at radius 3 is 2.15 bits per heavy atom. The van der Waals surface area contributed by atoms with E-state index in [-0.39, 0.29) is 17.8 Å². The molecule has 0 spiro atoms. The van der Waals surface area contributed by atoms with Crippen molar-refractivity contribution in [1.82, 2.24) is 0 Å². The number of ketones is 2. The van der Waals surface area contributed by atoms with Crippen LogP contribution in [0.25, 0.3) is 0 Å². The Morgan fingerprint density at radius 1 is 1.09 bits per heavy atom. The predicted molar refractivity (Wildman–Crippen MR) is 128 cm³/mol. The van der Waals surface area contributed by atoms with Gasteiger partial charge in [0.15, 0.2) is 23.3 Å². The van der Waals surface area contributed by atoms with Crippen molar-refractivity contribution < 1.29 is 28.6 Å². The number of alkyl halides is 2. The van der Waals surface area contributed by atoms with Gasteiger partial charge >= 0.3 is 5.97 Å². The number of carbonyl (C=O) groups excluding carboxylic acids is 3. The van der Waals surface area contributed by atoms with Crippen molar-refractivity contribution >= 4 is 46.4 Å². The lowest BCUT2D eigenvalue weighted by Crippen LogP contribution is -2.65. The largest absolute Gasteiger partial charge is 0.427 e. The molecule has 0 fully saturated rings. The van der Waals surface area contributed by atoms with E-state index in [4.69, 9.17) is 37.4 Å². The molecule has 1 aliphatic rings. The molecule has 0 amide bonds. The highest BCUT2D eigenvalue weighted by atomic mass is 35.5. The molecule has 182 valence electrons. The van der Waals surface area contributed by atoms with Gasteiger partial charge in [-0.1, -0.05) is 13.8 Å². The Hall–Kier alpha value is -1.93. The molecule has 0 bridgehead atoms. The van der Waals surface area contributed by atoms with Crippen LogP contribution in [0.2, 0.25) is 0 Å². The minimum Gasteiger partial charge on any atom is -0.427 e. The highest BCUT2D eigenvalue weighted by Crippen LogP contribution is 2.45. The fourth-order valence-corrected chi connectivity index (χ4v) is 4.71. The Kier molecular flexibility index (Phi) is 9.49. The van der Waals surface area contributed by atoms with Gasteiger partial charge in [-0.2, -0.15) is 0 Å². The van der Waals surface area contributed by atoms with E-state index < -0.39 is 28.9 Å². The normalized spacial score (nSPS) is 21.1. The number of methoxy groups -OCH3 is 2. The SMILES string of the molecule is COC1C(=O)C(C)=CC(=O)C1(OC)C(C)(C)CC(=O)Oc1ccc(N(CCCl)CCCl)cc1. The van der Waals surface area contributed by atoms with Gasteiger partial charge in [0.25, 0.3) is 0 Å². The lowest BCUT2D eigenvalue weighted by Gasteiger charge is -2.48. The maximum absolute atomic E-state index is 13.1. The van der Waals surface area contributed by atoms with Gasteiger partial charge in [0.1, 0.15) is 5.75 Å². The van der Waals surface area contributed by atoms with Crippen molar-refractivity contribution in [3.05, 3.63) is 35.9 Å². The zero-order valence-electron chi connectivity index (χ0n) is 19.7. The van der Waals surface area contributed by atoms with Crippen molar-refractivity contribution in [1.29, 1.82) is 0 Å². The van der Waals surface area contributed by atoms with Crippen LogP contribution in [0.5, 0.6) is 5.75 Å². The van der Waals surface area contributed by atoms with E-state index in [9.17, 15) is 14.4 Å². The molecule has 0 aliphatic heterocycles. The Bertz CT molecular complexity index is 893. The molecule has 1 aromatic carbocycles. The number of Topliss-reactive ketones (excluding diaryl/α,β-unsaturated/α-hetero) is 1.